The Labute approximate surface area is 182 Å². The summed E-state index contributed by atoms with van der Waals surface area (Å²) in [6.45, 7) is 0.265. The summed E-state index contributed by atoms with van der Waals surface area (Å²) in [4.78, 5) is -0.109. The summed E-state index contributed by atoms with van der Waals surface area (Å²) in [6, 6.07) is 10.5. The molecule has 2 aromatic heterocycles. The molecule has 8 nitrogen and oxygen atoms in total. The molecule has 0 saturated heterocycles. The van der Waals surface area contributed by atoms with E-state index in [1.807, 2.05) is 0 Å². The predicted octanol–water partition coefficient (Wildman–Crippen LogP) is 3.16. The Balaban J connectivity index is 1.50. The van der Waals surface area contributed by atoms with Gasteiger partial charge in [-0.3, -0.25) is 4.68 Å². The summed E-state index contributed by atoms with van der Waals surface area (Å²) in [5.74, 6) is -0.678. The zero-order valence-corrected chi connectivity index (χ0v) is 17.7. The van der Waals surface area contributed by atoms with Gasteiger partial charge >= 0.3 is 0 Å². The van der Waals surface area contributed by atoms with Gasteiger partial charge in [-0.25, -0.2) is 17.2 Å². The van der Waals surface area contributed by atoms with E-state index in [4.69, 9.17) is 4.42 Å². The van der Waals surface area contributed by atoms with Crippen LogP contribution in [0.4, 0.5) is 8.78 Å². The molecule has 0 N–H and O–H groups in total. The highest BCUT2D eigenvalue weighted by Gasteiger charge is 2.33. The van der Waals surface area contributed by atoms with Gasteiger partial charge < -0.3 is 4.42 Å². The molecule has 5 rings (SSSR count). The number of fused-ring (bicyclic) bond motifs is 1. The van der Waals surface area contributed by atoms with Gasteiger partial charge in [0, 0.05) is 43.4 Å². The normalized spacial score (nSPS) is 14.5. The van der Waals surface area contributed by atoms with Crippen LogP contribution in [0.25, 0.3) is 23.0 Å². The maximum atomic E-state index is 13.6. The van der Waals surface area contributed by atoms with Gasteiger partial charge in [0.05, 0.1) is 4.90 Å². The molecule has 32 heavy (non-hydrogen) atoms. The van der Waals surface area contributed by atoms with E-state index in [9.17, 15) is 17.2 Å². The van der Waals surface area contributed by atoms with Crippen molar-refractivity contribution >= 4 is 10.0 Å². The molecule has 2 aromatic carbocycles. The molecule has 0 fully saturated rings. The van der Waals surface area contributed by atoms with Gasteiger partial charge in [-0.05, 0) is 42.5 Å². The van der Waals surface area contributed by atoms with Crippen LogP contribution >= 0.6 is 0 Å². The molecule has 0 bridgehead atoms. The number of sulfonamides is 1. The van der Waals surface area contributed by atoms with Crippen molar-refractivity contribution in [3.63, 3.8) is 0 Å². The minimum Gasteiger partial charge on any atom is -0.415 e. The Kier molecular flexibility index (Phi) is 4.86. The van der Waals surface area contributed by atoms with Crippen LogP contribution in [0.15, 0.2) is 57.8 Å². The van der Waals surface area contributed by atoms with Gasteiger partial charge in [-0.15, -0.1) is 10.2 Å². The second-order valence-corrected chi connectivity index (χ2v) is 9.30. The second-order valence-electron chi connectivity index (χ2n) is 7.36. The third kappa shape index (κ3) is 3.49. The SMILES string of the molecule is Cn1nc(-c2nnc(-c3ccc(F)cc3)o2)c2c1CCN(S(=O)(=O)c1cccc(F)c1)C2. The minimum atomic E-state index is -3.90. The van der Waals surface area contributed by atoms with Crippen molar-refractivity contribution in [3.8, 4) is 23.0 Å². The Hall–Kier alpha value is -3.44. The molecule has 0 spiro atoms. The van der Waals surface area contributed by atoms with Gasteiger partial charge in [0.25, 0.3) is 5.89 Å². The fourth-order valence-corrected chi connectivity index (χ4v) is 5.19. The monoisotopic (exact) mass is 457 g/mol. The highest BCUT2D eigenvalue weighted by Crippen LogP contribution is 2.32. The lowest BCUT2D eigenvalue weighted by molar-refractivity contribution is 0.385. The van der Waals surface area contributed by atoms with Crippen LogP contribution < -0.4 is 0 Å². The number of aryl methyl sites for hydroxylation is 1. The van der Waals surface area contributed by atoms with E-state index in [1.165, 1.54) is 46.8 Å². The molecular formula is C21H17F2N5O3S. The lowest BCUT2D eigenvalue weighted by atomic mass is 10.1. The molecule has 0 saturated carbocycles. The van der Waals surface area contributed by atoms with Crippen molar-refractivity contribution in [3.05, 3.63) is 71.4 Å². The van der Waals surface area contributed by atoms with Crippen molar-refractivity contribution in [2.24, 2.45) is 7.05 Å². The lowest BCUT2D eigenvalue weighted by Crippen LogP contribution is -2.36. The Morgan fingerprint density at radius 3 is 2.50 bits per heavy atom. The number of nitrogens with zero attached hydrogens (tertiary/aromatic N) is 5. The van der Waals surface area contributed by atoms with Gasteiger partial charge in [-0.1, -0.05) is 6.07 Å². The summed E-state index contributed by atoms with van der Waals surface area (Å²) < 4.78 is 61.6. The largest absolute Gasteiger partial charge is 0.415 e. The third-order valence-corrected chi connectivity index (χ3v) is 7.20. The van der Waals surface area contributed by atoms with Crippen LogP contribution in [0.5, 0.6) is 0 Å². The van der Waals surface area contributed by atoms with Gasteiger partial charge in [-0.2, -0.15) is 9.40 Å². The second kappa shape index (κ2) is 7.61. The van der Waals surface area contributed by atoms with Crippen molar-refractivity contribution in [2.45, 2.75) is 17.9 Å². The molecule has 1 aliphatic rings. The molecule has 3 heterocycles. The summed E-state index contributed by atoms with van der Waals surface area (Å²) >= 11 is 0. The first-order valence-corrected chi connectivity index (χ1v) is 11.2. The Morgan fingerprint density at radius 1 is 1.00 bits per heavy atom. The fraction of sp³-hybridized carbons (Fsp3) is 0.190. The molecule has 0 atom stereocenters. The molecular weight excluding hydrogens is 440 g/mol. The number of halogens is 2. The highest BCUT2D eigenvalue weighted by molar-refractivity contribution is 7.89. The number of hydrogen-bond acceptors (Lipinski definition) is 6. The predicted molar refractivity (Wildman–Crippen MR) is 110 cm³/mol. The quantitative estimate of drug-likeness (QED) is 0.467. The first-order chi connectivity index (χ1) is 15.3. The first kappa shape index (κ1) is 20.5. The van der Waals surface area contributed by atoms with E-state index < -0.39 is 15.8 Å². The summed E-state index contributed by atoms with van der Waals surface area (Å²) in [6.07, 6.45) is 0.423. The van der Waals surface area contributed by atoms with Crippen LogP contribution in [-0.4, -0.2) is 39.2 Å². The maximum Gasteiger partial charge on any atom is 0.268 e. The minimum absolute atomic E-state index is 0.0333. The Morgan fingerprint density at radius 2 is 1.75 bits per heavy atom. The van der Waals surface area contributed by atoms with E-state index in [0.717, 1.165) is 11.8 Å². The van der Waals surface area contributed by atoms with Crippen LogP contribution in [-0.2, 0) is 30.0 Å². The number of aromatic nitrogens is 4. The van der Waals surface area contributed by atoms with E-state index in [-0.39, 0.29) is 35.6 Å². The fourth-order valence-electron chi connectivity index (χ4n) is 3.75. The summed E-state index contributed by atoms with van der Waals surface area (Å²) in [7, 11) is -2.14. The van der Waals surface area contributed by atoms with Gasteiger partial charge in [0.15, 0.2) is 5.69 Å². The number of rotatable bonds is 4. The van der Waals surface area contributed by atoms with Crippen molar-refractivity contribution in [1.82, 2.24) is 24.3 Å². The van der Waals surface area contributed by atoms with Crippen LogP contribution in [0.1, 0.15) is 11.3 Å². The molecule has 0 radical (unpaired) electrons. The van der Waals surface area contributed by atoms with E-state index in [0.29, 0.717) is 23.2 Å². The highest BCUT2D eigenvalue weighted by atomic mass is 32.2. The smallest absolute Gasteiger partial charge is 0.268 e. The molecule has 164 valence electrons. The van der Waals surface area contributed by atoms with E-state index in [2.05, 4.69) is 15.3 Å². The van der Waals surface area contributed by atoms with Crippen molar-refractivity contribution in [1.29, 1.82) is 0 Å². The molecule has 0 amide bonds. The average molecular weight is 457 g/mol. The third-order valence-electron chi connectivity index (χ3n) is 5.36. The van der Waals surface area contributed by atoms with Crippen LogP contribution in [0.2, 0.25) is 0 Å². The van der Waals surface area contributed by atoms with Gasteiger partial charge in [0.2, 0.25) is 15.9 Å². The van der Waals surface area contributed by atoms with E-state index in [1.54, 1.807) is 11.7 Å². The standard InChI is InChI=1S/C21H17F2N5O3S/c1-27-18-9-10-28(32(29,30)16-4-2-3-15(23)11-16)12-17(18)19(26-27)21-25-24-20(31-21)13-5-7-14(22)8-6-13/h2-8,11H,9-10,12H2,1H3. The van der Waals surface area contributed by atoms with Crippen molar-refractivity contribution in [2.75, 3.05) is 6.54 Å². The zero-order valence-electron chi connectivity index (χ0n) is 16.9. The summed E-state index contributed by atoms with van der Waals surface area (Å²) in [5.41, 5.74) is 2.42. The van der Waals surface area contributed by atoms with E-state index >= 15 is 0 Å². The molecule has 11 heteroatoms. The van der Waals surface area contributed by atoms with Crippen LogP contribution in [0, 0.1) is 11.6 Å². The molecule has 0 aliphatic carbocycles. The van der Waals surface area contributed by atoms with Crippen molar-refractivity contribution < 1.29 is 21.6 Å². The van der Waals surface area contributed by atoms with Gasteiger partial charge in [0.1, 0.15) is 11.6 Å². The maximum absolute atomic E-state index is 13.6. The lowest BCUT2D eigenvalue weighted by Gasteiger charge is -2.26. The number of hydrogen-bond donors (Lipinski definition) is 0. The average Bonchev–Trinajstić information content (AvgIpc) is 3.39. The Bertz CT molecular complexity index is 1410. The number of benzene rings is 2. The molecule has 0 unspecified atom stereocenters. The zero-order chi connectivity index (χ0) is 22.5. The molecule has 1 aliphatic heterocycles. The molecule has 4 aromatic rings. The topological polar surface area (TPSA) is 94.1 Å². The first-order valence-electron chi connectivity index (χ1n) is 9.73. The van der Waals surface area contributed by atoms with Crippen LogP contribution in [0.3, 0.4) is 0 Å². The summed E-state index contributed by atoms with van der Waals surface area (Å²) in [5, 5.41) is 12.5.